The van der Waals surface area contributed by atoms with Gasteiger partial charge in [0.15, 0.2) is 0 Å². The highest BCUT2D eigenvalue weighted by atomic mass is 32.2. The van der Waals surface area contributed by atoms with E-state index in [9.17, 15) is 13.2 Å². The monoisotopic (exact) mass is 676 g/mol. The van der Waals surface area contributed by atoms with Gasteiger partial charge in [-0.3, -0.25) is 0 Å². The fraction of sp³-hybridized carbons (Fsp3) is 0.429. The number of carbonyl (C=O) groups excluding carboxylic acids is 1. The summed E-state index contributed by atoms with van der Waals surface area (Å²) < 4.78 is 54.9. The number of pyridine rings is 1. The number of anilines is 1. The molecule has 2 aliphatic rings. The van der Waals surface area contributed by atoms with Crippen LogP contribution in [0, 0.1) is 12.7 Å². The van der Waals surface area contributed by atoms with Crippen molar-refractivity contribution in [2.24, 2.45) is 0 Å². The number of aromatic nitrogens is 3. The molecule has 1 saturated carbocycles. The molecule has 1 amide bonds. The third-order valence-corrected chi connectivity index (χ3v) is 10.4. The number of hydrogen-bond donors (Lipinski definition) is 1. The van der Waals surface area contributed by atoms with Crippen LogP contribution in [0.2, 0.25) is 0 Å². The first-order valence-corrected chi connectivity index (χ1v) is 17.8. The number of ether oxygens (including phenoxy) is 2. The Bertz CT molecular complexity index is 1950. The van der Waals surface area contributed by atoms with Gasteiger partial charge in [-0.2, -0.15) is 0 Å². The highest BCUT2D eigenvalue weighted by Crippen LogP contribution is 2.39. The minimum atomic E-state index is -3.72. The zero-order valence-corrected chi connectivity index (χ0v) is 28.7. The second-order valence-electron chi connectivity index (χ2n) is 13.5. The van der Waals surface area contributed by atoms with E-state index in [4.69, 9.17) is 14.5 Å². The third-order valence-electron chi connectivity index (χ3n) is 8.54. The molecular weight excluding hydrogens is 635 g/mol. The van der Waals surface area contributed by atoms with E-state index in [0.717, 1.165) is 31.2 Å². The smallest absolute Gasteiger partial charge is 0.410 e. The van der Waals surface area contributed by atoms with Gasteiger partial charge in [-0.25, -0.2) is 36.9 Å². The van der Waals surface area contributed by atoms with Crippen LogP contribution in [0.5, 0.6) is 11.6 Å². The molecule has 0 radical (unpaired) electrons. The van der Waals surface area contributed by atoms with Crippen molar-refractivity contribution in [3.8, 4) is 22.9 Å². The Labute approximate surface area is 280 Å². The number of aryl methyl sites for hydroxylation is 1. The molecular formula is C35H41FN6O5S. The standard InChI is InChI=1S/C35H41FN6O5S/c1-22-10-13-25-26(14-15-29(36)28(25)21-48(44,45)41(5)24-11-12-24)31(22)46-32-27(9-6-17-37-32)30-16-18-38-33(40-30)39-23-8-7-19-42(20-23)34(43)47-35(2,3)4/h6,9-10,13-18,23-24H,7-8,11-12,19-21H2,1-5H3,(H,38,39,40)/t23-/m0/s1. The first kappa shape index (κ1) is 33.5. The Kier molecular flexibility index (Phi) is 9.27. The van der Waals surface area contributed by atoms with Crippen LogP contribution in [0.25, 0.3) is 22.0 Å². The fourth-order valence-electron chi connectivity index (χ4n) is 5.87. The number of amides is 1. The summed E-state index contributed by atoms with van der Waals surface area (Å²) in [6, 6.07) is 11.7. The lowest BCUT2D eigenvalue weighted by Crippen LogP contribution is -2.47. The van der Waals surface area contributed by atoms with Gasteiger partial charge < -0.3 is 19.7 Å². The van der Waals surface area contributed by atoms with Gasteiger partial charge in [-0.15, -0.1) is 0 Å². The Morgan fingerprint density at radius 3 is 2.58 bits per heavy atom. The van der Waals surface area contributed by atoms with Crippen molar-refractivity contribution >= 4 is 32.8 Å². The van der Waals surface area contributed by atoms with E-state index in [-0.39, 0.29) is 29.6 Å². The zero-order valence-electron chi connectivity index (χ0n) is 27.9. The summed E-state index contributed by atoms with van der Waals surface area (Å²) in [5, 5.41) is 4.40. The summed E-state index contributed by atoms with van der Waals surface area (Å²) in [4.78, 5) is 28.1. The largest absolute Gasteiger partial charge is 0.444 e. The van der Waals surface area contributed by atoms with Crippen molar-refractivity contribution in [1.82, 2.24) is 24.2 Å². The Balaban J connectivity index is 1.26. The number of hydrogen-bond acceptors (Lipinski definition) is 9. The summed E-state index contributed by atoms with van der Waals surface area (Å²) in [7, 11) is -2.17. The summed E-state index contributed by atoms with van der Waals surface area (Å²) in [6.07, 6.45) is 6.20. The van der Waals surface area contributed by atoms with Gasteiger partial charge in [0.2, 0.25) is 21.9 Å². The lowest BCUT2D eigenvalue weighted by Gasteiger charge is -2.34. The first-order chi connectivity index (χ1) is 22.8. The number of carbonyl (C=O) groups is 1. The van der Waals surface area contributed by atoms with Crippen molar-refractivity contribution in [2.75, 3.05) is 25.5 Å². The Morgan fingerprint density at radius 1 is 1.06 bits per heavy atom. The van der Waals surface area contributed by atoms with Crippen molar-refractivity contribution in [1.29, 1.82) is 0 Å². The normalized spacial score (nSPS) is 17.1. The first-order valence-electron chi connectivity index (χ1n) is 16.2. The van der Waals surface area contributed by atoms with Crippen molar-refractivity contribution in [3.63, 3.8) is 0 Å². The predicted molar refractivity (Wildman–Crippen MR) is 182 cm³/mol. The number of piperidine rings is 1. The van der Waals surface area contributed by atoms with Gasteiger partial charge in [0, 0.05) is 55.6 Å². The summed E-state index contributed by atoms with van der Waals surface area (Å²) >= 11 is 0. The number of halogens is 1. The highest BCUT2D eigenvalue weighted by Gasteiger charge is 2.35. The van der Waals surface area contributed by atoms with E-state index in [1.54, 1.807) is 54.7 Å². The van der Waals surface area contributed by atoms with E-state index in [1.165, 1.54) is 10.4 Å². The van der Waals surface area contributed by atoms with Crippen LogP contribution < -0.4 is 10.1 Å². The van der Waals surface area contributed by atoms with Crippen molar-refractivity contribution in [2.45, 2.75) is 76.8 Å². The minimum absolute atomic E-state index is 0.0242. The average Bonchev–Trinajstić information content (AvgIpc) is 3.89. The SMILES string of the molecule is Cc1ccc2c(CS(=O)(=O)N(C)C3CC3)c(F)ccc2c1Oc1ncccc1-c1ccnc(N[C@H]2CCCN(C(=O)OC(C)(C)C)C2)n1. The predicted octanol–water partition coefficient (Wildman–Crippen LogP) is 6.67. The molecule has 11 nitrogen and oxygen atoms in total. The number of nitrogens with one attached hydrogen (secondary N) is 1. The highest BCUT2D eigenvalue weighted by molar-refractivity contribution is 7.88. The van der Waals surface area contributed by atoms with Crippen LogP contribution >= 0.6 is 0 Å². The summed E-state index contributed by atoms with van der Waals surface area (Å²) in [5.74, 6) is 0.0826. The summed E-state index contributed by atoms with van der Waals surface area (Å²) in [6.45, 7) is 8.50. The molecule has 2 aromatic carbocycles. The Morgan fingerprint density at radius 2 is 1.83 bits per heavy atom. The second-order valence-corrected chi connectivity index (χ2v) is 15.5. The van der Waals surface area contributed by atoms with Crippen LogP contribution in [-0.4, -0.2) is 76.5 Å². The molecule has 13 heteroatoms. The molecule has 1 atom stereocenters. The fourth-order valence-corrected chi connectivity index (χ4v) is 7.39. The molecule has 254 valence electrons. The molecule has 1 saturated heterocycles. The van der Waals surface area contributed by atoms with E-state index in [2.05, 4.69) is 15.3 Å². The number of sulfonamides is 1. The van der Waals surface area contributed by atoms with Crippen LogP contribution in [0.1, 0.15) is 57.6 Å². The molecule has 1 aliphatic heterocycles. The lowest BCUT2D eigenvalue weighted by atomic mass is 10.0. The molecule has 3 heterocycles. The third kappa shape index (κ3) is 7.52. The molecule has 1 N–H and O–H groups in total. The summed E-state index contributed by atoms with van der Waals surface area (Å²) in [5.41, 5.74) is 1.47. The molecule has 0 spiro atoms. The maximum absolute atomic E-state index is 15.2. The molecule has 1 aliphatic carbocycles. The van der Waals surface area contributed by atoms with Gasteiger partial charge >= 0.3 is 6.09 Å². The average molecular weight is 677 g/mol. The molecule has 4 aromatic rings. The quantitative estimate of drug-likeness (QED) is 0.207. The van der Waals surface area contributed by atoms with Crippen LogP contribution in [-0.2, 0) is 20.5 Å². The van der Waals surface area contributed by atoms with Gasteiger partial charge in [-0.1, -0.05) is 12.1 Å². The van der Waals surface area contributed by atoms with Crippen molar-refractivity contribution in [3.05, 3.63) is 71.8 Å². The topological polar surface area (TPSA) is 127 Å². The number of nitrogens with zero attached hydrogens (tertiary/aromatic N) is 5. The molecule has 2 aromatic heterocycles. The number of likely N-dealkylation sites (tertiary alicyclic amines) is 1. The molecule has 6 rings (SSSR count). The van der Waals surface area contributed by atoms with E-state index in [1.807, 2.05) is 33.8 Å². The van der Waals surface area contributed by atoms with Crippen LogP contribution in [0.15, 0.2) is 54.9 Å². The second kappa shape index (κ2) is 13.3. The van der Waals surface area contributed by atoms with Gasteiger partial charge in [0.1, 0.15) is 17.2 Å². The number of fused-ring (bicyclic) bond motifs is 1. The maximum atomic E-state index is 15.2. The lowest BCUT2D eigenvalue weighted by molar-refractivity contribution is 0.0206. The maximum Gasteiger partial charge on any atom is 0.410 e. The molecule has 2 fully saturated rings. The van der Waals surface area contributed by atoms with Crippen molar-refractivity contribution < 1.29 is 27.1 Å². The molecule has 0 bridgehead atoms. The van der Waals surface area contributed by atoms with Gasteiger partial charge in [0.25, 0.3) is 0 Å². The van der Waals surface area contributed by atoms with E-state index in [0.29, 0.717) is 46.8 Å². The number of benzene rings is 2. The van der Waals surface area contributed by atoms with E-state index >= 15 is 4.39 Å². The van der Waals surface area contributed by atoms with Gasteiger partial charge in [-0.05, 0) is 94.7 Å². The van der Waals surface area contributed by atoms with Crippen LogP contribution in [0.4, 0.5) is 15.1 Å². The van der Waals surface area contributed by atoms with E-state index < -0.39 is 27.2 Å². The molecule has 48 heavy (non-hydrogen) atoms. The number of rotatable bonds is 9. The minimum Gasteiger partial charge on any atom is -0.444 e. The zero-order chi connectivity index (χ0) is 34.2. The Hall–Kier alpha value is -4.36. The van der Waals surface area contributed by atoms with Crippen LogP contribution in [0.3, 0.4) is 0 Å². The molecule has 0 unspecified atom stereocenters. The van der Waals surface area contributed by atoms with Gasteiger partial charge in [0.05, 0.1) is 17.0 Å².